The third-order valence-electron chi connectivity index (χ3n) is 2.42. The van der Waals surface area contributed by atoms with Gasteiger partial charge in [0.05, 0.1) is 4.88 Å². The Bertz CT molecular complexity index is 702. The first-order valence-corrected chi connectivity index (χ1v) is 7.44. The van der Waals surface area contributed by atoms with Gasteiger partial charge in [-0.25, -0.2) is 0 Å². The van der Waals surface area contributed by atoms with Crippen LogP contribution in [-0.4, -0.2) is 14.0 Å². The van der Waals surface area contributed by atoms with Crippen molar-refractivity contribution in [2.45, 2.75) is 6.92 Å². The molecule has 0 saturated heterocycles. The maximum absolute atomic E-state index is 8.83. The van der Waals surface area contributed by atoms with Gasteiger partial charge in [0, 0.05) is 17.5 Å². The van der Waals surface area contributed by atoms with Crippen molar-refractivity contribution in [3.63, 3.8) is 0 Å². The maximum atomic E-state index is 8.83. The van der Waals surface area contributed by atoms with Gasteiger partial charge in [-0.3, -0.25) is 0 Å². The average Bonchev–Trinajstić information content (AvgIpc) is 2.67. The van der Waals surface area contributed by atoms with Crippen LogP contribution >= 0.6 is 11.3 Å². The molecular weight excluding hydrogens is 290 g/mol. The molecule has 2 aromatic heterocycles. The Hall–Kier alpha value is -1.28. The van der Waals surface area contributed by atoms with Crippen LogP contribution in [0.15, 0.2) is 42.6 Å². The molecule has 0 spiro atoms. The number of fused-ring (bicyclic) bond motifs is 3. The third-order valence-corrected chi connectivity index (χ3v) is 3.38. The zero-order valence-corrected chi connectivity index (χ0v) is 11.6. The predicted molar refractivity (Wildman–Crippen MR) is 66.4 cm³/mol. The van der Waals surface area contributed by atoms with E-state index in [9.17, 15) is 0 Å². The summed E-state index contributed by atoms with van der Waals surface area (Å²) in [5.41, 5.74) is 1.29. The van der Waals surface area contributed by atoms with Crippen molar-refractivity contribution in [3.05, 3.63) is 47.5 Å². The summed E-state index contributed by atoms with van der Waals surface area (Å²) in [6.07, 6.45) is 2.20. The fourth-order valence-corrected chi connectivity index (χ4v) is 2.67. The fourth-order valence-electron chi connectivity index (χ4n) is 1.80. The monoisotopic (exact) mass is 302 g/mol. The number of rotatable bonds is 0. The number of halogens is 1. The minimum absolute atomic E-state index is 1.29. The van der Waals surface area contributed by atoms with Gasteiger partial charge in [0.25, 0.3) is 4.83 Å². The van der Waals surface area contributed by atoms with Crippen molar-refractivity contribution in [2.75, 3.05) is 0 Å². The van der Waals surface area contributed by atoms with Crippen molar-refractivity contribution < 1.29 is 33.3 Å². The first-order valence-electron chi connectivity index (χ1n) is 5.30. The summed E-state index contributed by atoms with van der Waals surface area (Å²) in [7, 11) is -4.19. The van der Waals surface area contributed by atoms with E-state index in [2.05, 4.69) is 53.9 Å². The van der Waals surface area contributed by atoms with E-state index in [4.69, 9.17) is 18.6 Å². The standard InChI is InChI=1S/C12H10NS.ClH3O4/c1-9-8-13-11-5-3-2-4-10(11)6-7-12(13)14-9;2-1(3,4)5/h2-8H,1H3;2-4H/q+1;. The van der Waals surface area contributed by atoms with Gasteiger partial charge >= 0.3 is 28.9 Å². The van der Waals surface area contributed by atoms with Crippen LogP contribution in [0, 0.1) is 17.2 Å². The molecule has 0 unspecified atom stereocenters. The summed E-state index contributed by atoms with van der Waals surface area (Å²) in [6, 6.07) is 12.8. The molecule has 0 amide bonds. The zero-order valence-electron chi connectivity index (χ0n) is 10.0. The Balaban J connectivity index is 0.000000232. The molecule has 0 fully saturated rings. The van der Waals surface area contributed by atoms with Gasteiger partial charge in [0.15, 0.2) is 6.20 Å². The molecule has 0 radical (unpaired) electrons. The number of para-hydroxylation sites is 1. The summed E-state index contributed by atoms with van der Waals surface area (Å²) < 4.78 is 32.5. The molecule has 7 heteroatoms. The molecule has 19 heavy (non-hydrogen) atoms. The quantitative estimate of drug-likeness (QED) is 0.514. The van der Waals surface area contributed by atoms with E-state index < -0.39 is 10.2 Å². The first-order chi connectivity index (χ1) is 8.84. The normalized spacial score (nSPS) is 12.3. The van der Waals surface area contributed by atoms with Gasteiger partial charge in [-0.1, -0.05) is 23.5 Å². The number of thiazole rings is 1. The van der Waals surface area contributed by atoms with E-state index >= 15 is 0 Å². The van der Waals surface area contributed by atoms with Crippen LogP contribution < -0.4 is 9.06 Å². The molecule has 1 aromatic carbocycles. The van der Waals surface area contributed by atoms with Crippen molar-refractivity contribution in [1.29, 1.82) is 0 Å². The molecule has 2 heterocycles. The molecule has 5 nitrogen and oxygen atoms in total. The fraction of sp³-hybridized carbons (Fsp3) is 0.0833. The molecule has 0 aliphatic carbocycles. The van der Waals surface area contributed by atoms with Gasteiger partial charge in [-0.15, -0.1) is 4.40 Å². The van der Waals surface area contributed by atoms with Crippen LogP contribution in [0.2, 0.25) is 0 Å². The van der Waals surface area contributed by atoms with Crippen LogP contribution in [0.1, 0.15) is 4.88 Å². The van der Waals surface area contributed by atoms with Crippen molar-refractivity contribution >= 4 is 27.1 Å². The molecule has 0 atom stereocenters. The molecule has 102 valence electrons. The Labute approximate surface area is 115 Å². The second-order valence-corrected chi connectivity index (χ2v) is 6.01. The first kappa shape index (κ1) is 14.1. The number of hydrogen-bond donors (Lipinski definition) is 3. The molecule has 0 aliphatic rings. The Morgan fingerprint density at radius 3 is 2.42 bits per heavy atom. The molecule has 0 saturated carbocycles. The van der Waals surface area contributed by atoms with Crippen LogP contribution in [-0.2, 0) is 0 Å². The third kappa shape index (κ3) is 3.84. The summed E-state index contributed by atoms with van der Waals surface area (Å²) in [5, 5.41) is 1.29. The van der Waals surface area contributed by atoms with Crippen LogP contribution in [0.3, 0.4) is 0 Å². The summed E-state index contributed by atoms with van der Waals surface area (Å²) in [4.78, 5) is 2.66. The SMILES string of the molecule is Cc1c[n+]2c(ccc3ccccc32)s1.[O-][Cl+](O)(O)O. The molecular formula is C12H13ClNO4S+. The van der Waals surface area contributed by atoms with Crippen LogP contribution in [0.25, 0.3) is 15.7 Å². The summed E-state index contributed by atoms with van der Waals surface area (Å²) >= 11 is 1.83. The molecule has 0 aliphatic heterocycles. The van der Waals surface area contributed by atoms with E-state index in [1.165, 1.54) is 20.6 Å². The Kier molecular flexibility index (Phi) is 4.00. The summed E-state index contributed by atoms with van der Waals surface area (Å²) in [5.74, 6) is 0. The second kappa shape index (κ2) is 5.38. The minimum atomic E-state index is -4.19. The number of benzene rings is 1. The van der Waals surface area contributed by atoms with Crippen molar-refractivity contribution in [2.24, 2.45) is 0 Å². The number of nitrogens with zero attached hydrogens (tertiary/aromatic N) is 1. The van der Waals surface area contributed by atoms with Gasteiger partial charge in [0.2, 0.25) is 5.52 Å². The van der Waals surface area contributed by atoms with E-state index in [1.807, 2.05) is 11.3 Å². The number of hydrogen-bond acceptors (Lipinski definition) is 5. The zero-order chi connectivity index (χ0) is 14.0. The van der Waals surface area contributed by atoms with Crippen LogP contribution in [0.5, 0.6) is 0 Å². The Morgan fingerprint density at radius 1 is 1.11 bits per heavy atom. The van der Waals surface area contributed by atoms with Gasteiger partial charge in [-0.2, -0.15) is 0 Å². The second-order valence-electron chi connectivity index (χ2n) is 3.88. The van der Waals surface area contributed by atoms with Crippen molar-refractivity contribution in [3.8, 4) is 0 Å². The summed E-state index contributed by atoms with van der Waals surface area (Å²) in [6.45, 7) is 2.15. The topological polar surface area (TPSA) is 87.9 Å². The van der Waals surface area contributed by atoms with Gasteiger partial charge in [0.1, 0.15) is 0 Å². The molecule has 0 bridgehead atoms. The number of pyridine rings is 1. The average molecular weight is 303 g/mol. The van der Waals surface area contributed by atoms with Gasteiger partial charge < -0.3 is 0 Å². The molecule has 3 rings (SSSR count). The molecule has 3 N–H and O–H groups in total. The van der Waals surface area contributed by atoms with E-state index in [0.29, 0.717) is 0 Å². The van der Waals surface area contributed by atoms with Crippen LogP contribution in [0.4, 0.5) is 0 Å². The van der Waals surface area contributed by atoms with E-state index in [0.717, 1.165) is 0 Å². The Morgan fingerprint density at radius 2 is 1.74 bits per heavy atom. The van der Waals surface area contributed by atoms with Crippen molar-refractivity contribution in [1.82, 2.24) is 0 Å². The molecule has 3 aromatic rings. The van der Waals surface area contributed by atoms with E-state index in [-0.39, 0.29) is 0 Å². The number of aryl methyl sites for hydroxylation is 1. The number of aromatic nitrogens is 1. The van der Waals surface area contributed by atoms with E-state index in [1.54, 1.807) is 0 Å². The predicted octanol–water partition coefficient (Wildman–Crippen LogP) is 0.0884. The van der Waals surface area contributed by atoms with Gasteiger partial charge in [-0.05, 0) is 19.1 Å².